The van der Waals surface area contributed by atoms with Crippen molar-refractivity contribution in [1.29, 1.82) is 0 Å². The van der Waals surface area contributed by atoms with Gasteiger partial charge in [-0.15, -0.1) is 0 Å². The first-order valence-corrected chi connectivity index (χ1v) is 8.06. The molecule has 0 aromatic carbocycles. The Bertz CT molecular complexity index is 176. The average Bonchev–Trinajstić information content (AvgIpc) is 2.42. The molecule has 0 spiro atoms. The Kier molecular flexibility index (Phi) is 9.59. The van der Waals surface area contributed by atoms with E-state index in [-0.39, 0.29) is 0 Å². The van der Waals surface area contributed by atoms with Crippen molar-refractivity contribution in [1.82, 2.24) is 0 Å². The van der Waals surface area contributed by atoms with Crippen LogP contribution in [0.4, 0.5) is 0 Å². The first-order valence-electron chi connectivity index (χ1n) is 8.06. The molecule has 108 valence electrons. The molecule has 0 amide bonds. The minimum atomic E-state index is 0.513. The first-order chi connectivity index (χ1) is 8.86. The van der Waals surface area contributed by atoms with Crippen LogP contribution in [-0.4, -0.2) is 25.9 Å². The summed E-state index contributed by atoms with van der Waals surface area (Å²) in [5.41, 5.74) is 0. The SMILES string of the molecule is CCCCCC(CCCC)OCC1CCOCC1. The second kappa shape index (κ2) is 10.8. The molecule has 18 heavy (non-hydrogen) atoms. The number of hydrogen-bond acceptors (Lipinski definition) is 2. The van der Waals surface area contributed by atoms with Crippen molar-refractivity contribution in [2.24, 2.45) is 5.92 Å². The van der Waals surface area contributed by atoms with Crippen LogP contribution in [0.25, 0.3) is 0 Å². The summed E-state index contributed by atoms with van der Waals surface area (Å²) in [4.78, 5) is 0. The van der Waals surface area contributed by atoms with Gasteiger partial charge in [-0.2, -0.15) is 0 Å². The van der Waals surface area contributed by atoms with Crippen LogP contribution in [0.5, 0.6) is 0 Å². The van der Waals surface area contributed by atoms with Crippen molar-refractivity contribution in [3.8, 4) is 0 Å². The van der Waals surface area contributed by atoms with Crippen LogP contribution in [0.2, 0.25) is 0 Å². The van der Waals surface area contributed by atoms with Gasteiger partial charge < -0.3 is 9.47 Å². The van der Waals surface area contributed by atoms with E-state index < -0.39 is 0 Å². The summed E-state index contributed by atoms with van der Waals surface area (Å²) < 4.78 is 11.6. The molecule has 0 aromatic heterocycles. The fourth-order valence-corrected chi connectivity index (χ4v) is 2.55. The zero-order valence-electron chi connectivity index (χ0n) is 12.5. The third kappa shape index (κ3) is 7.38. The number of hydrogen-bond donors (Lipinski definition) is 0. The van der Waals surface area contributed by atoms with Gasteiger partial charge in [-0.3, -0.25) is 0 Å². The molecule has 1 unspecified atom stereocenters. The number of rotatable bonds is 10. The van der Waals surface area contributed by atoms with Gasteiger partial charge in [-0.05, 0) is 31.6 Å². The predicted octanol–water partition coefficient (Wildman–Crippen LogP) is 4.57. The van der Waals surface area contributed by atoms with Crippen molar-refractivity contribution in [3.05, 3.63) is 0 Å². The lowest BCUT2D eigenvalue weighted by Crippen LogP contribution is -2.23. The molecule has 0 saturated carbocycles. The van der Waals surface area contributed by atoms with Gasteiger partial charge in [-0.25, -0.2) is 0 Å². The molecule has 0 radical (unpaired) electrons. The Morgan fingerprint density at radius 2 is 1.67 bits per heavy atom. The molecule has 1 aliphatic heterocycles. The lowest BCUT2D eigenvalue weighted by molar-refractivity contribution is -0.0176. The molecular weight excluding hydrogens is 224 g/mol. The molecule has 0 aromatic rings. The van der Waals surface area contributed by atoms with Crippen molar-refractivity contribution < 1.29 is 9.47 Å². The highest BCUT2D eigenvalue weighted by Gasteiger charge is 2.16. The second-order valence-corrected chi connectivity index (χ2v) is 5.65. The summed E-state index contributed by atoms with van der Waals surface area (Å²) in [6.07, 6.45) is 12.0. The fourth-order valence-electron chi connectivity index (χ4n) is 2.55. The van der Waals surface area contributed by atoms with Crippen molar-refractivity contribution in [2.75, 3.05) is 19.8 Å². The van der Waals surface area contributed by atoms with E-state index in [1.165, 1.54) is 57.8 Å². The largest absolute Gasteiger partial charge is 0.381 e. The molecule has 0 aliphatic carbocycles. The van der Waals surface area contributed by atoms with Crippen molar-refractivity contribution in [2.45, 2.75) is 77.7 Å². The van der Waals surface area contributed by atoms with E-state index >= 15 is 0 Å². The van der Waals surface area contributed by atoms with E-state index in [2.05, 4.69) is 13.8 Å². The van der Waals surface area contributed by atoms with Gasteiger partial charge in [-0.1, -0.05) is 46.0 Å². The van der Waals surface area contributed by atoms with E-state index in [1.54, 1.807) is 0 Å². The molecule has 1 aliphatic rings. The minimum Gasteiger partial charge on any atom is -0.381 e. The van der Waals surface area contributed by atoms with Crippen LogP contribution >= 0.6 is 0 Å². The summed E-state index contributed by atoms with van der Waals surface area (Å²) in [5, 5.41) is 0. The fraction of sp³-hybridized carbons (Fsp3) is 1.00. The van der Waals surface area contributed by atoms with E-state index in [0.717, 1.165) is 25.7 Å². The number of unbranched alkanes of at least 4 members (excludes halogenated alkanes) is 3. The maximum Gasteiger partial charge on any atom is 0.0575 e. The topological polar surface area (TPSA) is 18.5 Å². The molecule has 1 rings (SSSR count). The predicted molar refractivity (Wildman–Crippen MR) is 77.0 cm³/mol. The average molecular weight is 256 g/mol. The second-order valence-electron chi connectivity index (χ2n) is 5.65. The molecule has 1 atom stereocenters. The molecular formula is C16H32O2. The molecule has 1 saturated heterocycles. The van der Waals surface area contributed by atoms with Crippen molar-refractivity contribution in [3.63, 3.8) is 0 Å². The standard InChI is InChI=1S/C16H32O2/c1-3-5-7-9-16(8-6-4-2)18-14-15-10-12-17-13-11-15/h15-16H,3-14H2,1-2H3. The third-order valence-corrected chi connectivity index (χ3v) is 3.92. The molecule has 0 bridgehead atoms. The van der Waals surface area contributed by atoms with Gasteiger partial charge in [0.1, 0.15) is 0 Å². The summed E-state index contributed by atoms with van der Waals surface area (Å²) in [6.45, 7) is 7.36. The van der Waals surface area contributed by atoms with Gasteiger partial charge in [0.15, 0.2) is 0 Å². The molecule has 0 N–H and O–H groups in total. The zero-order chi connectivity index (χ0) is 13.1. The van der Waals surface area contributed by atoms with E-state index in [9.17, 15) is 0 Å². The first kappa shape index (κ1) is 16.0. The monoisotopic (exact) mass is 256 g/mol. The summed E-state index contributed by atoms with van der Waals surface area (Å²) >= 11 is 0. The molecule has 2 nitrogen and oxygen atoms in total. The van der Waals surface area contributed by atoms with Crippen molar-refractivity contribution >= 4 is 0 Å². The lowest BCUT2D eigenvalue weighted by atomic mass is 10.0. The smallest absolute Gasteiger partial charge is 0.0575 e. The Morgan fingerprint density at radius 3 is 2.33 bits per heavy atom. The van der Waals surface area contributed by atoms with Gasteiger partial charge in [0, 0.05) is 19.8 Å². The highest BCUT2D eigenvalue weighted by atomic mass is 16.5. The van der Waals surface area contributed by atoms with Gasteiger partial charge >= 0.3 is 0 Å². The van der Waals surface area contributed by atoms with Crippen LogP contribution < -0.4 is 0 Å². The van der Waals surface area contributed by atoms with Crippen LogP contribution in [0, 0.1) is 5.92 Å². The maximum absolute atomic E-state index is 6.17. The summed E-state index contributed by atoms with van der Waals surface area (Å²) in [5.74, 6) is 0.744. The summed E-state index contributed by atoms with van der Waals surface area (Å²) in [6, 6.07) is 0. The Balaban J connectivity index is 2.16. The van der Waals surface area contributed by atoms with Crippen LogP contribution in [0.3, 0.4) is 0 Å². The van der Waals surface area contributed by atoms with E-state index in [0.29, 0.717) is 6.10 Å². The normalized spacial score (nSPS) is 19.0. The quantitative estimate of drug-likeness (QED) is 0.533. The lowest BCUT2D eigenvalue weighted by Gasteiger charge is -2.25. The highest BCUT2D eigenvalue weighted by Crippen LogP contribution is 2.19. The minimum absolute atomic E-state index is 0.513. The van der Waals surface area contributed by atoms with E-state index in [4.69, 9.17) is 9.47 Å². The maximum atomic E-state index is 6.17. The third-order valence-electron chi connectivity index (χ3n) is 3.92. The zero-order valence-corrected chi connectivity index (χ0v) is 12.5. The van der Waals surface area contributed by atoms with Crippen LogP contribution in [-0.2, 0) is 9.47 Å². The van der Waals surface area contributed by atoms with Gasteiger partial charge in [0.2, 0.25) is 0 Å². The van der Waals surface area contributed by atoms with Gasteiger partial charge in [0.05, 0.1) is 6.10 Å². The Hall–Kier alpha value is -0.0800. The molecule has 2 heteroatoms. The summed E-state index contributed by atoms with van der Waals surface area (Å²) in [7, 11) is 0. The Labute approximate surface area is 113 Å². The number of ether oxygens (including phenoxy) is 2. The van der Waals surface area contributed by atoms with Gasteiger partial charge in [0.25, 0.3) is 0 Å². The van der Waals surface area contributed by atoms with Crippen LogP contribution in [0.15, 0.2) is 0 Å². The highest BCUT2D eigenvalue weighted by molar-refractivity contribution is 4.65. The van der Waals surface area contributed by atoms with E-state index in [1.807, 2.05) is 0 Å². The van der Waals surface area contributed by atoms with Crippen LogP contribution in [0.1, 0.15) is 71.6 Å². The molecule has 1 heterocycles. The Morgan fingerprint density at radius 1 is 1.00 bits per heavy atom. The molecule has 1 fully saturated rings.